The Morgan fingerprint density at radius 1 is 0.808 bits per heavy atom. The van der Waals surface area contributed by atoms with E-state index >= 15 is 0 Å². The predicted octanol–water partition coefficient (Wildman–Crippen LogP) is 5.36. The lowest BCUT2D eigenvalue weighted by molar-refractivity contribution is 0.415. The van der Waals surface area contributed by atoms with Crippen LogP contribution in [0.5, 0.6) is 5.75 Å². The van der Waals surface area contributed by atoms with Gasteiger partial charge in [0.1, 0.15) is 11.6 Å². The van der Waals surface area contributed by atoms with Crippen LogP contribution in [0.15, 0.2) is 72.8 Å². The molecule has 4 nitrogen and oxygen atoms in total. The Morgan fingerprint density at radius 2 is 1.54 bits per heavy atom. The summed E-state index contributed by atoms with van der Waals surface area (Å²) in [5, 5.41) is 4.42. The number of nitrogens with zero attached hydrogens (tertiary/aromatic N) is 2. The first kappa shape index (κ1) is 16.1. The number of para-hydroxylation sites is 1. The molecule has 1 aromatic heterocycles. The minimum atomic E-state index is 0.681. The molecular weight excluding hydrogens is 322 g/mol. The van der Waals surface area contributed by atoms with E-state index in [-0.39, 0.29) is 0 Å². The van der Waals surface area contributed by atoms with Gasteiger partial charge in [-0.3, -0.25) is 0 Å². The van der Waals surface area contributed by atoms with Crippen LogP contribution in [0.1, 0.15) is 5.56 Å². The fourth-order valence-electron chi connectivity index (χ4n) is 2.81. The molecule has 0 spiro atoms. The maximum absolute atomic E-state index is 5.23. The zero-order valence-corrected chi connectivity index (χ0v) is 14.7. The molecule has 0 amide bonds. The van der Waals surface area contributed by atoms with Gasteiger partial charge in [-0.15, -0.1) is 0 Å². The highest BCUT2D eigenvalue weighted by molar-refractivity contribution is 5.92. The van der Waals surface area contributed by atoms with Gasteiger partial charge in [0.05, 0.1) is 12.6 Å². The Labute approximate surface area is 152 Å². The highest BCUT2D eigenvalue weighted by Gasteiger charge is 2.10. The third-order valence-electron chi connectivity index (χ3n) is 4.27. The number of nitrogens with one attached hydrogen (secondary N) is 1. The number of rotatable bonds is 4. The van der Waals surface area contributed by atoms with Crippen LogP contribution in [0.4, 0.5) is 11.5 Å². The van der Waals surface area contributed by atoms with Crippen LogP contribution in [0, 0.1) is 6.92 Å². The van der Waals surface area contributed by atoms with Crippen molar-refractivity contribution in [1.82, 2.24) is 9.97 Å². The molecule has 0 radical (unpaired) electrons. The Kier molecular flexibility index (Phi) is 4.23. The number of aromatic nitrogens is 2. The van der Waals surface area contributed by atoms with E-state index in [0.717, 1.165) is 33.7 Å². The van der Waals surface area contributed by atoms with Crippen molar-refractivity contribution in [2.75, 3.05) is 12.4 Å². The summed E-state index contributed by atoms with van der Waals surface area (Å²) >= 11 is 0. The molecule has 0 bridgehead atoms. The Bertz CT molecular complexity index is 1040. The molecule has 4 rings (SSSR count). The van der Waals surface area contributed by atoms with Crippen molar-refractivity contribution in [1.29, 1.82) is 0 Å². The zero-order chi connectivity index (χ0) is 17.9. The molecule has 128 valence electrons. The lowest BCUT2D eigenvalue weighted by atomic mass is 10.1. The fourth-order valence-corrected chi connectivity index (χ4v) is 2.81. The zero-order valence-electron chi connectivity index (χ0n) is 14.7. The van der Waals surface area contributed by atoms with E-state index in [1.54, 1.807) is 7.11 Å². The van der Waals surface area contributed by atoms with E-state index in [1.807, 2.05) is 48.5 Å². The SMILES string of the molecule is COc1ccc(-c2nc(Nc3ccc(C)cc3)c3ccccc3n2)cc1. The summed E-state index contributed by atoms with van der Waals surface area (Å²) in [7, 11) is 1.66. The van der Waals surface area contributed by atoms with E-state index in [2.05, 4.69) is 36.5 Å². The van der Waals surface area contributed by atoms with Gasteiger partial charge >= 0.3 is 0 Å². The van der Waals surface area contributed by atoms with Crippen LogP contribution in [0.2, 0.25) is 0 Å². The smallest absolute Gasteiger partial charge is 0.162 e. The van der Waals surface area contributed by atoms with Crippen molar-refractivity contribution in [3.63, 3.8) is 0 Å². The molecule has 1 heterocycles. The summed E-state index contributed by atoms with van der Waals surface area (Å²) in [6.07, 6.45) is 0. The average molecular weight is 341 g/mol. The largest absolute Gasteiger partial charge is 0.497 e. The van der Waals surface area contributed by atoms with Gasteiger partial charge < -0.3 is 10.1 Å². The standard InChI is InChI=1S/C22H19N3O/c1-15-7-11-17(12-8-15)23-22-19-5-3-4-6-20(19)24-21(25-22)16-9-13-18(26-2)14-10-16/h3-14H,1-2H3,(H,23,24,25). The quantitative estimate of drug-likeness (QED) is 0.543. The molecular formula is C22H19N3O. The Balaban J connectivity index is 1.80. The fraction of sp³-hybridized carbons (Fsp3) is 0.0909. The van der Waals surface area contributed by atoms with Gasteiger partial charge in [0.25, 0.3) is 0 Å². The molecule has 4 aromatic rings. The number of methoxy groups -OCH3 is 1. The first-order valence-corrected chi connectivity index (χ1v) is 8.48. The first-order chi connectivity index (χ1) is 12.7. The van der Waals surface area contributed by atoms with Gasteiger partial charge in [0.2, 0.25) is 0 Å². The number of hydrogen-bond acceptors (Lipinski definition) is 4. The topological polar surface area (TPSA) is 47.0 Å². The van der Waals surface area contributed by atoms with Gasteiger partial charge in [-0.2, -0.15) is 0 Å². The second-order valence-electron chi connectivity index (χ2n) is 6.13. The van der Waals surface area contributed by atoms with Crippen LogP contribution in [-0.2, 0) is 0 Å². The van der Waals surface area contributed by atoms with Gasteiger partial charge in [-0.25, -0.2) is 9.97 Å². The maximum atomic E-state index is 5.23. The molecule has 1 N–H and O–H groups in total. The van der Waals surface area contributed by atoms with Gasteiger partial charge in [-0.1, -0.05) is 29.8 Å². The van der Waals surface area contributed by atoms with Gasteiger partial charge in [0, 0.05) is 16.6 Å². The Morgan fingerprint density at radius 3 is 2.27 bits per heavy atom. The monoisotopic (exact) mass is 341 g/mol. The minimum absolute atomic E-state index is 0.681. The van der Waals surface area contributed by atoms with E-state index in [4.69, 9.17) is 14.7 Å². The van der Waals surface area contributed by atoms with Gasteiger partial charge in [0.15, 0.2) is 5.82 Å². The second kappa shape index (κ2) is 6.84. The highest BCUT2D eigenvalue weighted by atomic mass is 16.5. The molecule has 0 aliphatic rings. The van der Waals surface area contributed by atoms with Crippen LogP contribution in [0.25, 0.3) is 22.3 Å². The summed E-state index contributed by atoms with van der Waals surface area (Å²) in [5.41, 5.74) is 4.08. The van der Waals surface area contributed by atoms with Crippen LogP contribution >= 0.6 is 0 Å². The van der Waals surface area contributed by atoms with E-state index in [0.29, 0.717) is 5.82 Å². The number of ether oxygens (including phenoxy) is 1. The minimum Gasteiger partial charge on any atom is -0.497 e. The summed E-state index contributed by atoms with van der Waals surface area (Å²) < 4.78 is 5.23. The summed E-state index contributed by atoms with van der Waals surface area (Å²) in [5.74, 6) is 2.29. The number of anilines is 2. The summed E-state index contributed by atoms with van der Waals surface area (Å²) in [4.78, 5) is 9.51. The molecule has 0 saturated carbocycles. The van der Waals surface area contributed by atoms with Crippen molar-refractivity contribution < 1.29 is 4.74 Å². The van der Waals surface area contributed by atoms with Gasteiger partial charge in [-0.05, 0) is 55.5 Å². The van der Waals surface area contributed by atoms with Crippen molar-refractivity contribution in [3.8, 4) is 17.1 Å². The average Bonchev–Trinajstić information content (AvgIpc) is 2.69. The lowest BCUT2D eigenvalue weighted by Gasteiger charge is -2.11. The molecule has 3 aromatic carbocycles. The third kappa shape index (κ3) is 3.22. The Hall–Kier alpha value is -3.40. The van der Waals surface area contributed by atoms with Crippen LogP contribution < -0.4 is 10.1 Å². The van der Waals surface area contributed by atoms with E-state index in [9.17, 15) is 0 Å². The lowest BCUT2D eigenvalue weighted by Crippen LogP contribution is -1.99. The second-order valence-corrected chi connectivity index (χ2v) is 6.13. The van der Waals surface area contributed by atoms with E-state index in [1.165, 1.54) is 5.56 Å². The molecule has 26 heavy (non-hydrogen) atoms. The summed E-state index contributed by atoms with van der Waals surface area (Å²) in [6.45, 7) is 2.08. The molecule has 4 heteroatoms. The number of fused-ring (bicyclic) bond motifs is 1. The van der Waals surface area contributed by atoms with Crippen molar-refractivity contribution in [3.05, 3.63) is 78.4 Å². The highest BCUT2D eigenvalue weighted by Crippen LogP contribution is 2.28. The predicted molar refractivity (Wildman–Crippen MR) is 106 cm³/mol. The molecule has 0 aliphatic heterocycles. The van der Waals surface area contributed by atoms with Crippen molar-refractivity contribution >= 4 is 22.4 Å². The normalized spacial score (nSPS) is 10.7. The molecule has 0 aliphatic carbocycles. The van der Waals surface area contributed by atoms with Crippen LogP contribution in [-0.4, -0.2) is 17.1 Å². The van der Waals surface area contributed by atoms with Crippen molar-refractivity contribution in [2.45, 2.75) is 6.92 Å². The first-order valence-electron chi connectivity index (χ1n) is 8.48. The number of hydrogen-bond donors (Lipinski definition) is 1. The summed E-state index contributed by atoms with van der Waals surface area (Å²) in [6, 6.07) is 24.1. The molecule has 0 atom stereocenters. The molecule has 0 unspecified atom stereocenters. The molecule has 0 saturated heterocycles. The third-order valence-corrected chi connectivity index (χ3v) is 4.27. The molecule has 0 fully saturated rings. The van der Waals surface area contributed by atoms with Crippen molar-refractivity contribution in [2.24, 2.45) is 0 Å². The van der Waals surface area contributed by atoms with Crippen LogP contribution in [0.3, 0.4) is 0 Å². The number of aryl methyl sites for hydroxylation is 1. The van der Waals surface area contributed by atoms with E-state index < -0.39 is 0 Å². The number of benzene rings is 3. The maximum Gasteiger partial charge on any atom is 0.162 e.